The van der Waals surface area contributed by atoms with Gasteiger partial charge in [0.25, 0.3) is 0 Å². The number of para-hydroxylation sites is 2. The van der Waals surface area contributed by atoms with Gasteiger partial charge in [-0.25, -0.2) is 0 Å². The molecule has 0 saturated carbocycles. The molecular weight excluding hydrogens is 360 g/mol. The molecule has 2 aromatic carbocycles. The molecule has 0 aliphatic rings. The predicted molar refractivity (Wildman–Crippen MR) is 105 cm³/mol. The van der Waals surface area contributed by atoms with Gasteiger partial charge in [-0.2, -0.15) is 0 Å². The van der Waals surface area contributed by atoms with E-state index in [2.05, 4.69) is 0 Å². The topological polar surface area (TPSA) is 93.1 Å². The Hall–Kier alpha value is -3.02. The van der Waals surface area contributed by atoms with Gasteiger partial charge in [0.05, 0.1) is 18.6 Å². The van der Waals surface area contributed by atoms with Gasteiger partial charge in [-0.05, 0) is 49.9 Å². The summed E-state index contributed by atoms with van der Waals surface area (Å²) in [7, 11) is 0. The van der Waals surface area contributed by atoms with Crippen molar-refractivity contribution in [2.24, 2.45) is 5.41 Å². The quantitative estimate of drug-likeness (QED) is 0.535. The second kappa shape index (κ2) is 11.0. The van der Waals surface area contributed by atoms with E-state index in [4.69, 9.17) is 14.6 Å². The summed E-state index contributed by atoms with van der Waals surface area (Å²) in [4.78, 5) is 23.0. The largest absolute Gasteiger partial charge is 0.494 e. The van der Waals surface area contributed by atoms with Crippen molar-refractivity contribution in [3.05, 3.63) is 60.7 Å². The summed E-state index contributed by atoms with van der Waals surface area (Å²) in [6.45, 7) is 0.462. The molecule has 0 fully saturated rings. The van der Waals surface area contributed by atoms with Gasteiger partial charge >= 0.3 is 11.9 Å². The summed E-state index contributed by atoms with van der Waals surface area (Å²) < 4.78 is 11.4. The molecule has 28 heavy (non-hydrogen) atoms. The van der Waals surface area contributed by atoms with E-state index in [1.807, 2.05) is 60.7 Å². The first-order chi connectivity index (χ1) is 13.5. The summed E-state index contributed by atoms with van der Waals surface area (Å²) in [6, 6.07) is 18.4. The maximum Gasteiger partial charge on any atom is 0.309 e. The van der Waals surface area contributed by atoms with E-state index in [9.17, 15) is 14.7 Å². The van der Waals surface area contributed by atoms with Crippen LogP contribution in [0.15, 0.2) is 60.7 Å². The van der Waals surface area contributed by atoms with Crippen molar-refractivity contribution < 1.29 is 29.3 Å². The number of hydrogen-bond donors (Lipinski definition) is 2. The maximum absolute atomic E-state index is 12.1. The van der Waals surface area contributed by atoms with Gasteiger partial charge < -0.3 is 19.7 Å². The highest BCUT2D eigenvalue weighted by Crippen LogP contribution is 2.34. The number of carboxylic acid groups (broad SMARTS) is 2. The monoisotopic (exact) mass is 386 g/mol. The van der Waals surface area contributed by atoms with Crippen LogP contribution in [0.5, 0.6) is 11.5 Å². The Balaban J connectivity index is 2.00. The van der Waals surface area contributed by atoms with Gasteiger partial charge in [-0.1, -0.05) is 36.4 Å². The van der Waals surface area contributed by atoms with Crippen LogP contribution < -0.4 is 9.47 Å². The van der Waals surface area contributed by atoms with Crippen molar-refractivity contribution in [1.82, 2.24) is 0 Å². The van der Waals surface area contributed by atoms with E-state index in [0.29, 0.717) is 11.5 Å². The molecule has 0 atom stereocenters. The van der Waals surface area contributed by atoms with Crippen molar-refractivity contribution in [2.45, 2.75) is 32.1 Å². The zero-order valence-corrected chi connectivity index (χ0v) is 15.8. The number of aliphatic carboxylic acids is 2. The fraction of sp³-hybridized carbons (Fsp3) is 0.364. The van der Waals surface area contributed by atoms with Crippen molar-refractivity contribution in [1.29, 1.82) is 0 Å². The minimum atomic E-state index is -1.10. The third-order valence-electron chi connectivity index (χ3n) is 4.68. The Morgan fingerprint density at radius 3 is 1.61 bits per heavy atom. The molecule has 2 rings (SSSR count). The van der Waals surface area contributed by atoms with Crippen molar-refractivity contribution >= 4 is 11.9 Å². The summed E-state index contributed by atoms with van der Waals surface area (Å²) in [5.74, 6) is -0.535. The lowest BCUT2D eigenvalue weighted by atomic mass is 9.77. The van der Waals surface area contributed by atoms with Crippen LogP contribution in [0.3, 0.4) is 0 Å². The Morgan fingerprint density at radius 1 is 0.750 bits per heavy atom. The van der Waals surface area contributed by atoms with Gasteiger partial charge in [0.1, 0.15) is 11.5 Å². The predicted octanol–water partition coefficient (Wildman–Crippen LogP) is 4.25. The molecule has 0 aromatic heterocycles. The molecule has 0 aliphatic heterocycles. The maximum atomic E-state index is 12.1. The van der Waals surface area contributed by atoms with Gasteiger partial charge in [0, 0.05) is 6.42 Å². The van der Waals surface area contributed by atoms with Gasteiger partial charge in [0.15, 0.2) is 0 Å². The molecule has 2 N–H and O–H groups in total. The van der Waals surface area contributed by atoms with Crippen LogP contribution in [0.1, 0.15) is 32.1 Å². The van der Waals surface area contributed by atoms with E-state index in [1.54, 1.807) is 0 Å². The molecular formula is C22H26O6. The first-order valence-corrected chi connectivity index (χ1v) is 9.33. The highest BCUT2D eigenvalue weighted by molar-refractivity contribution is 5.74. The van der Waals surface area contributed by atoms with Crippen molar-refractivity contribution in [3.63, 3.8) is 0 Å². The average molecular weight is 386 g/mol. The number of rotatable bonds is 13. The zero-order valence-electron chi connectivity index (χ0n) is 15.8. The lowest BCUT2D eigenvalue weighted by molar-refractivity contribution is -0.152. The normalized spacial score (nSPS) is 11.0. The lowest BCUT2D eigenvalue weighted by Crippen LogP contribution is -2.35. The van der Waals surface area contributed by atoms with Crippen molar-refractivity contribution in [3.8, 4) is 11.5 Å². The molecule has 0 spiro atoms. The minimum absolute atomic E-state index is 0.0614. The van der Waals surface area contributed by atoms with Gasteiger partial charge in [-0.3, -0.25) is 9.59 Å². The van der Waals surface area contributed by atoms with Crippen LogP contribution in [-0.2, 0) is 9.59 Å². The molecule has 0 heterocycles. The van der Waals surface area contributed by atoms with Crippen LogP contribution in [0.2, 0.25) is 0 Å². The Morgan fingerprint density at radius 2 is 1.21 bits per heavy atom. The van der Waals surface area contributed by atoms with Crippen LogP contribution in [0.25, 0.3) is 0 Å². The number of carboxylic acids is 2. The molecule has 6 nitrogen and oxygen atoms in total. The molecule has 0 radical (unpaired) electrons. The zero-order chi connectivity index (χ0) is 20.2. The lowest BCUT2D eigenvalue weighted by Gasteiger charge is -2.29. The average Bonchev–Trinajstić information content (AvgIpc) is 2.69. The summed E-state index contributed by atoms with van der Waals surface area (Å²) in [6.07, 6.45) is 1.03. The van der Waals surface area contributed by atoms with E-state index >= 15 is 0 Å². The number of ether oxygens (including phenoxy) is 2. The van der Waals surface area contributed by atoms with E-state index in [0.717, 1.165) is 0 Å². The number of carbonyl (C=O) groups is 2. The first kappa shape index (κ1) is 21.3. The van der Waals surface area contributed by atoms with Crippen LogP contribution in [0.4, 0.5) is 0 Å². The summed E-state index contributed by atoms with van der Waals surface area (Å²) in [5.41, 5.74) is -1.10. The molecule has 0 unspecified atom stereocenters. The molecule has 0 aliphatic carbocycles. The number of hydrogen-bond acceptors (Lipinski definition) is 4. The van der Waals surface area contributed by atoms with Gasteiger partial charge in [0.2, 0.25) is 0 Å². The molecule has 6 heteroatoms. The van der Waals surface area contributed by atoms with E-state index < -0.39 is 17.4 Å². The van der Waals surface area contributed by atoms with Crippen LogP contribution in [-0.4, -0.2) is 35.4 Å². The van der Waals surface area contributed by atoms with Crippen molar-refractivity contribution in [2.75, 3.05) is 13.2 Å². The summed E-state index contributed by atoms with van der Waals surface area (Å²) >= 11 is 0. The molecule has 0 bridgehead atoms. The third-order valence-corrected chi connectivity index (χ3v) is 4.68. The fourth-order valence-electron chi connectivity index (χ4n) is 3.04. The highest BCUT2D eigenvalue weighted by Gasteiger charge is 2.38. The molecule has 0 amide bonds. The van der Waals surface area contributed by atoms with Crippen LogP contribution in [0, 0.1) is 5.41 Å². The smallest absolute Gasteiger partial charge is 0.309 e. The van der Waals surface area contributed by atoms with E-state index in [-0.39, 0.29) is 45.3 Å². The number of benzene rings is 2. The second-order valence-electron chi connectivity index (χ2n) is 6.66. The minimum Gasteiger partial charge on any atom is -0.494 e. The first-order valence-electron chi connectivity index (χ1n) is 9.33. The Bertz CT molecular complexity index is 684. The Labute approximate surface area is 164 Å². The van der Waals surface area contributed by atoms with E-state index in [1.165, 1.54) is 0 Å². The fourth-order valence-corrected chi connectivity index (χ4v) is 3.04. The standard InChI is InChI=1S/C22H26O6/c23-20(24)12-7-13-22(21(25)26,14-16-27-18-8-3-1-4-9-18)15-17-28-19-10-5-2-6-11-19/h1-6,8-11H,7,12-17H2,(H,23,24)(H,25,26). The molecule has 2 aromatic rings. The van der Waals surface area contributed by atoms with Gasteiger partial charge in [-0.15, -0.1) is 0 Å². The third kappa shape index (κ3) is 6.95. The second-order valence-corrected chi connectivity index (χ2v) is 6.66. The highest BCUT2D eigenvalue weighted by atomic mass is 16.5. The van der Waals surface area contributed by atoms with Crippen LogP contribution >= 0.6 is 0 Å². The summed E-state index contributed by atoms with van der Waals surface area (Å²) in [5, 5.41) is 18.8. The molecule has 0 saturated heterocycles. The molecule has 150 valence electrons. The SMILES string of the molecule is O=C(O)CCCC(CCOc1ccccc1)(CCOc1ccccc1)C(=O)O. The Kier molecular flexibility index (Phi) is 8.34.